The van der Waals surface area contributed by atoms with Crippen molar-refractivity contribution in [2.45, 2.75) is 31.5 Å². The average Bonchev–Trinajstić information content (AvgIpc) is 3.27. The molecule has 1 atom stereocenters. The minimum absolute atomic E-state index is 0.00634. The van der Waals surface area contributed by atoms with Crippen LogP contribution >= 0.6 is 22.9 Å². The molecule has 1 amide bonds. The Hall–Kier alpha value is -1.42. The largest absolute Gasteiger partial charge is 0.340 e. The standard InChI is InChI=1S/C17H23ClN4O3S2/c1-12(11-22-14(3)16(18)13(2)19-22)17(23)20-6-8-21(9-7-20)27(24,25)15-5-4-10-26-15/h4-5,10,12H,6-9,11H2,1-3H3. The first-order valence-corrected chi connectivity index (χ1v) is 11.4. The van der Waals surface area contributed by atoms with Crippen LogP contribution in [0.15, 0.2) is 21.7 Å². The first kappa shape index (κ1) is 20.3. The van der Waals surface area contributed by atoms with E-state index < -0.39 is 10.0 Å². The molecule has 1 fully saturated rings. The average molecular weight is 431 g/mol. The molecule has 1 saturated heterocycles. The molecule has 3 rings (SSSR count). The van der Waals surface area contributed by atoms with Crippen molar-refractivity contribution < 1.29 is 13.2 Å². The maximum atomic E-state index is 12.8. The Morgan fingerprint density at radius 3 is 2.48 bits per heavy atom. The van der Waals surface area contributed by atoms with Gasteiger partial charge >= 0.3 is 0 Å². The molecule has 1 aliphatic rings. The van der Waals surface area contributed by atoms with Crippen LogP contribution in [0, 0.1) is 19.8 Å². The zero-order chi connectivity index (χ0) is 19.8. The predicted octanol–water partition coefficient (Wildman–Crippen LogP) is 2.38. The zero-order valence-electron chi connectivity index (χ0n) is 15.6. The van der Waals surface area contributed by atoms with E-state index in [1.807, 2.05) is 20.8 Å². The number of carbonyl (C=O) groups is 1. The molecule has 0 radical (unpaired) electrons. The molecular weight excluding hydrogens is 408 g/mol. The van der Waals surface area contributed by atoms with Gasteiger partial charge in [0.2, 0.25) is 5.91 Å². The van der Waals surface area contributed by atoms with Gasteiger partial charge in [-0.25, -0.2) is 8.42 Å². The first-order chi connectivity index (χ1) is 12.7. The second-order valence-corrected chi connectivity index (χ2v) is 10.2. The van der Waals surface area contributed by atoms with Gasteiger partial charge in [-0.15, -0.1) is 11.3 Å². The number of carbonyl (C=O) groups excluding carboxylic acids is 1. The summed E-state index contributed by atoms with van der Waals surface area (Å²) in [4.78, 5) is 14.5. The highest BCUT2D eigenvalue weighted by Gasteiger charge is 2.32. The van der Waals surface area contributed by atoms with Gasteiger partial charge in [-0.3, -0.25) is 9.48 Å². The van der Waals surface area contributed by atoms with Gasteiger partial charge < -0.3 is 4.90 Å². The van der Waals surface area contributed by atoms with Gasteiger partial charge in [0.25, 0.3) is 10.0 Å². The van der Waals surface area contributed by atoms with E-state index in [1.54, 1.807) is 27.1 Å². The Bertz CT molecular complexity index is 916. The molecule has 2 aromatic heterocycles. The van der Waals surface area contributed by atoms with Crippen molar-refractivity contribution in [1.29, 1.82) is 0 Å². The number of piperazine rings is 1. The van der Waals surface area contributed by atoms with E-state index in [0.717, 1.165) is 11.4 Å². The summed E-state index contributed by atoms with van der Waals surface area (Å²) in [6.45, 7) is 7.44. The SMILES string of the molecule is Cc1nn(CC(C)C(=O)N2CCN(S(=O)(=O)c3cccs3)CC2)c(C)c1Cl. The van der Waals surface area contributed by atoms with E-state index in [2.05, 4.69) is 5.10 Å². The molecule has 0 N–H and O–H groups in total. The number of aromatic nitrogens is 2. The summed E-state index contributed by atoms with van der Waals surface area (Å²) in [7, 11) is -3.46. The number of rotatable bonds is 5. The highest BCUT2D eigenvalue weighted by molar-refractivity contribution is 7.91. The smallest absolute Gasteiger partial charge is 0.252 e. The molecule has 0 spiro atoms. The van der Waals surface area contributed by atoms with Gasteiger partial charge in [0.15, 0.2) is 0 Å². The van der Waals surface area contributed by atoms with Crippen molar-refractivity contribution in [3.63, 3.8) is 0 Å². The Morgan fingerprint density at radius 1 is 1.30 bits per heavy atom. The van der Waals surface area contributed by atoms with Crippen molar-refractivity contribution in [2.75, 3.05) is 26.2 Å². The third-order valence-electron chi connectivity index (χ3n) is 4.80. The molecule has 0 aromatic carbocycles. The molecule has 2 aromatic rings. The van der Waals surface area contributed by atoms with E-state index in [9.17, 15) is 13.2 Å². The summed E-state index contributed by atoms with van der Waals surface area (Å²) < 4.78 is 28.7. The Labute approximate surface area is 168 Å². The molecule has 0 bridgehead atoms. The van der Waals surface area contributed by atoms with Gasteiger partial charge in [0, 0.05) is 26.2 Å². The van der Waals surface area contributed by atoms with Crippen LogP contribution in [0.4, 0.5) is 0 Å². The third-order valence-corrected chi connectivity index (χ3v) is 8.62. The van der Waals surface area contributed by atoms with Crippen molar-refractivity contribution in [1.82, 2.24) is 19.0 Å². The molecule has 148 valence electrons. The van der Waals surface area contributed by atoms with Gasteiger partial charge in [0.1, 0.15) is 4.21 Å². The first-order valence-electron chi connectivity index (χ1n) is 8.73. The quantitative estimate of drug-likeness (QED) is 0.729. The summed E-state index contributed by atoms with van der Waals surface area (Å²) in [5, 5.41) is 6.75. The highest BCUT2D eigenvalue weighted by atomic mass is 35.5. The van der Waals surface area contributed by atoms with Crippen LogP contribution in [-0.2, 0) is 21.4 Å². The van der Waals surface area contributed by atoms with Gasteiger partial charge in [0.05, 0.1) is 28.9 Å². The van der Waals surface area contributed by atoms with Crippen LogP contribution in [0.3, 0.4) is 0 Å². The molecule has 27 heavy (non-hydrogen) atoms. The molecule has 7 nitrogen and oxygen atoms in total. The fraction of sp³-hybridized carbons (Fsp3) is 0.529. The number of halogens is 1. The fourth-order valence-electron chi connectivity index (χ4n) is 3.19. The van der Waals surface area contributed by atoms with Crippen LogP contribution in [0.5, 0.6) is 0 Å². The summed E-state index contributed by atoms with van der Waals surface area (Å²) in [6, 6.07) is 3.34. The van der Waals surface area contributed by atoms with Crippen LogP contribution in [-0.4, -0.2) is 59.5 Å². The Kier molecular flexibility index (Phi) is 5.95. The monoisotopic (exact) mass is 430 g/mol. The molecule has 1 unspecified atom stereocenters. The summed E-state index contributed by atoms with van der Waals surface area (Å²) in [5.41, 5.74) is 1.60. The van der Waals surface area contributed by atoms with Crippen molar-refractivity contribution in [3.8, 4) is 0 Å². The van der Waals surface area contributed by atoms with Crippen LogP contribution < -0.4 is 0 Å². The predicted molar refractivity (Wildman–Crippen MR) is 106 cm³/mol. The lowest BCUT2D eigenvalue weighted by Crippen LogP contribution is -2.51. The van der Waals surface area contributed by atoms with E-state index in [4.69, 9.17) is 11.6 Å². The highest BCUT2D eigenvalue weighted by Crippen LogP contribution is 2.23. The second-order valence-electron chi connectivity index (χ2n) is 6.73. The Balaban J connectivity index is 1.60. The molecule has 10 heteroatoms. The van der Waals surface area contributed by atoms with E-state index in [0.29, 0.717) is 42.0 Å². The van der Waals surface area contributed by atoms with Crippen molar-refractivity contribution in [2.24, 2.45) is 5.92 Å². The zero-order valence-corrected chi connectivity index (χ0v) is 17.9. The number of nitrogens with zero attached hydrogens (tertiary/aromatic N) is 4. The fourth-order valence-corrected chi connectivity index (χ4v) is 5.89. The Morgan fingerprint density at radius 2 is 1.96 bits per heavy atom. The number of aryl methyl sites for hydroxylation is 1. The van der Waals surface area contributed by atoms with Gasteiger partial charge in [-0.1, -0.05) is 24.6 Å². The van der Waals surface area contributed by atoms with Crippen LogP contribution in [0.2, 0.25) is 5.02 Å². The van der Waals surface area contributed by atoms with Crippen molar-refractivity contribution >= 4 is 38.9 Å². The second kappa shape index (κ2) is 7.90. The summed E-state index contributed by atoms with van der Waals surface area (Å²) in [6.07, 6.45) is 0. The van der Waals surface area contributed by atoms with E-state index in [1.165, 1.54) is 15.6 Å². The molecule has 3 heterocycles. The number of hydrogen-bond donors (Lipinski definition) is 0. The van der Waals surface area contributed by atoms with E-state index >= 15 is 0 Å². The van der Waals surface area contributed by atoms with Crippen molar-refractivity contribution in [3.05, 3.63) is 33.9 Å². The maximum absolute atomic E-state index is 12.8. The number of amides is 1. The lowest BCUT2D eigenvalue weighted by molar-refractivity contribution is -0.136. The molecule has 0 aliphatic carbocycles. The topological polar surface area (TPSA) is 75.5 Å². The van der Waals surface area contributed by atoms with Crippen LogP contribution in [0.1, 0.15) is 18.3 Å². The molecule has 0 saturated carbocycles. The normalized spacial score (nSPS) is 17.3. The van der Waals surface area contributed by atoms with Gasteiger partial charge in [-0.05, 0) is 25.3 Å². The maximum Gasteiger partial charge on any atom is 0.252 e. The van der Waals surface area contributed by atoms with E-state index in [-0.39, 0.29) is 11.8 Å². The number of thiophene rings is 1. The summed E-state index contributed by atoms with van der Waals surface area (Å²) in [5.74, 6) is -0.258. The van der Waals surface area contributed by atoms with Crippen LogP contribution in [0.25, 0.3) is 0 Å². The number of sulfonamides is 1. The number of hydrogen-bond acceptors (Lipinski definition) is 5. The molecular formula is C17H23ClN4O3S2. The summed E-state index contributed by atoms with van der Waals surface area (Å²) >= 11 is 7.38. The minimum Gasteiger partial charge on any atom is -0.340 e. The lowest BCUT2D eigenvalue weighted by Gasteiger charge is -2.35. The molecule has 1 aliphatic heterocycles. The van der Waals surface area contributed by atoms with Gasteiger partial charge in [-0.2, -0.15) is 9.40 Å². The third kappa shape index (κ3) is 4.06. The minimum atomic E-state index is -3.46. The lowest BCUT2D eigenvalue weighted by atomic mass is 10.1.